The summed E-state index contributed by atoms with van der Waals surface area (Å²) < 4.78 is 34.3. The minimum absolute atomic E-state index is 0.106. The summed E-state index contributed by atoms with van der Waals surface area (Å²) in [6, 6.07) is 23.0. The monoisotopic (exact) mass is 493 g/mol. The maximum absolute atomic E-state index is 13.8. The van der Waals surface area contributed by atoms with E-state index >= 15 is 0 Å². The molecule has 3 aromatic carbocycles. The van der Waals surface area contributed by atoms with Crippen LogP contribution in [0.25, 0.3) is 0 Å². The van der Waals surface area contributed by atoms with Crippen LogP contribution < -0.4 is 9.62 Å². The highest BCUT2D eigenvalue weighted by atomic mass is 32.2. The summed E-state index contributed by atoms with van der Waals surface area (Å²) in [5, 5.41) is 2.96. The van der Waals surface area contributed by atoms with Crippen molar-refractivity contribution in [3.8, 4) is 0 Å². The van der Waals surface area contributed by atoms with E-state index in [1.165, 1.54) is 4.31 Å². The van der Waals surface area contributed by atoms with E-state index in [4.69, 9.17) is 4.74 Å². The second-order valence-electron chi connectivity index (χ2n) is 8.54. The van der Waals surface area contributed by atoms with Crippen molar-refractivity contribution in [2.45, 2.75) is 18.4 Å². The Kier molecular flexibility index (Phi) is 8.17. The minimum Gasteiger partial charge on any atom is -0.379 e. The Balaban J connectivity index is 1.63. The van der Waals surface area contributed by atoms with Gasteiger partial charge in [-0.3, -0.25) is 14.0 Å². The molecule has 0 aliphatic carbocycles. The lowest BCUT2D eigenvalue weighted by atomic mass is 10.1. The lowest BCUT2D eigenvalue weighted by Crippen LogP contribution is -2.41. The molecule has 1 heterocycles. The van der Waals surface area contributed by atoms with Gasteiger partial charge in [-0.15, -0.1) is 0 Å². The summed E-state index contributed by atoms with van der Waals surface area (Å²) in [4.78, 5) is 15.6. The summed E-state index contributed by atoms with van der Waals surface area (Å²) in [5.41, 5.74) is 2.46. The number of aryl methyl sites for hydroxylation is 1. The van der Waals surface area contributed by atoms with Crippen LogP contribution in [0.4, 0.5) is 5.69 Å². The van der Waals surface area contributed by atoms with E-state index < -0.39 is 10.0 Å². The molecule has 0 unspecified atom stereocenters. The number of carbonyl (C=O) groups excluding carboxylic acids is 1. The maximum atomic E-state index is 13.8. The predicted molar refractivity (Wildman–Crippen MR) is 137 cm³/mol. The normalized spacial score (nSPS) is 14.4. The third-order valence-corrected chi connectivity index (χ3v) is 7.79. The van der Waals surface area contributed by atoms with Crippen LogP contribution in [0.5, 0.6) is 0 Å². The average Bonchev–Trinajstić information content (AvgIpc) is 2.88. The molecule has 0 saturated carbocycles. The Labute approximate surface area is 207 Å². The van der Waals surface area contributed by atoms with Gasteiger partial charge in [-0.1, -0.05) is 60.2 Å². The number of hydrogen-bond donors (Lipinski definition) is 1. The smallest absolute Gasteiger partial charge is 0.264 e. The molecule has 8 heteroatoms. The van der Waals surface area contributed by atoms with Gasteiger partial charge in [0.15, 0.2) is 0 Å². The Bertz CT molecular complexity index is 1220. The fraction of sp³-hybridized carbons (Fsp3) is 0.296. The first kappa shape index (κ1) is 24.9. The molecule has 184 valence electrons. The summed E-state index contributed by atoms with van der Waals surface area (Å²) in [6.45, 7) is 6.27. The number of nitrogens with one attached hydrogen (secondary N) is 1. The quantitative estimate of drug-likeness (QED) is 0.494. The molecule has 3 aromatic rings. The topological polar surface area (TPSA) is 79.0 Å². The fourth-order valence-corrected chi connectivity index (χ4v) is 5.49. The first-order chi connectivity index (χ1) is 16.9. The van der Waals surface area contributed by atoms with Gasteiger partial charge in [0.2, 0.25) is 0 Å². The second-order valence-corrected chi connectivity index (χ2v) is 10.4. The zero-order valence-electron chi connectivity index (χ0n) is 19.9. The highest BCUT2D eigenvalue weighted by Gasteiger charge is 2.28. The summed E-state index contributed by atoms with van der Waals surface area (Å²) >= 11 is 0. The standard InChI is InChI=1S/C27H31N3O4S/c1-22-11-13-24(14-12-22)35(32,33)30(21-23-7-3-2-4-8-23)26-10-6-5-9-25(26)27(31)28-15-16-29-17-19-34-20-18-29/h2-14H,15-21H2,1H3,(H,28,31). The van der Waals surface area contributed by atoms with Gasteiger partial charge < -0.3 is 10.1 Å². The number of rotatable bonds is 9. The second kappa shape index (κ2) is 11.5. The van der Waals surface area contributed by atoms with E-state index in [-0.39, 0.29) is 17.3 Å². The van der Waals surface area contributed by atoms with E-state index in [9.17, 15) is 13.2 Å². The first-order valence-corrected chi connectivity index (χ1v) is 13.2. The first-order valence-electron chi connectivity index (χ1n) is 11.8. The maximum Gasteiger partial charge on any atom is 0.264 e. The van der Waals surface area contributed by atoms with Crippen molar-refractivity contribution in [1.29, 1.82) is 0 Å². The van der Waals surface area contributed by atoms with Crippen LogP contribution in [0.15, 0.2) is 83.8 Å². The molecule has 7 nitrogen and oxygen atoms in total. The van der Waals surface area contributed by atoms with Gasteiger partial charge in [0.05, 0.1) is 35.9 Å². The molecule has 0 spiro atoms. The van der Waals surface area contributed by atoms with E-state index in [2.05, 4.69) is 10.2 Å². The van der Waals surface area contributed by atoms with Crippen LogP contribution in [-0.2, 0) is 21.3 Å². The summed E-state index contributed by atoms with van der Waals surface area (Å²) in [5.74, 6) is -0.300. The van der Waals surface area contributed by atoms with Gasteiger partial charge in [0.25, 0.3) is 15.9 Å². The number of sulfonamides is 1. The lowest BCUT2D eigenvalue weighted by molar-refractivity contribution is 0.0383. The minimum atomic E-state index is -3.93. The molecule has 1 aliphatic heterocycles. The van der Waals surface area contributed by atoms with Gasteiger partial charge in [-0.2, -0.15) is 0 Å². The van der Waals surface area contributed by atoms with Gasteiger partial charge in [-0.25, -0.2) is 8.42 Å². The van der Waals surface area contributed by atoms with E-state index in [1.54, 1.807) is 48.5 Å². The number of anilines is 1. The van der Waals surface area contributed by atoms with Crippen LogP contribution in [0, 0.1) is 6.92 Å². The Morgan fingerprint density at radius 2 is 1.60 bits per heavy atom. The van der Waals surface area contributed by atoms with Gasteiger partial charge in [-0.05, 0) is 36.8 Å². The molecule has 1 fully saturated rings. The molecule has 0 radical (unpaired) electrons. The zero-order valence-corrected chi connectivity index (χ0v) is 20.7. The highest BCUT2D eigenvalue weighted by molar-refractivity contribution is 7.92. The van der Waals surface area contributed by atoms with Crippen molar-refractivity contribution in [3.05, 3.63) is 95.6 Å². The van der Waals surface area contributed by atoms with Crippen molar-refractivity contribution >= 4 is 21.6 Å². The average molecular weight is 494 g/mol. The Morgan fingerprint density at radius 1 is 0.943 bits per heavy atom. The van der Waals surface area contributed by atoms with Crippen molar-refractivity contribution in [1.82, 2.24) is 10.2 Å². The number of amides is 1. The third-order valence-electron chi connectivity index (χ3n) is 6.01. The number of ether oxygens (including phenoxy) is 1. The van der Waals surface area contributed by atoms with Gasteiger partial charge in [0.1, 0.15) is 0 Å². The van der Waals surface area contributed by atoms with Crippen molar-refractivity contribution in [3.63, 3.8) is 0 Å². The van der Waals surface area contributed by atoms with E-state index in [0.717, 1.165) is 24.2 Å². The number of para-hydroxylation sites is 1. The molecule has 35 heavy (non-hydrogen) atoms. The van der Waals surface area contributed by atoms with Crippen LogP contribution >= 0.6 is 0 Å². The number of carbonyl (C=O) groups is 1. The van der Waals surface area contributed by atoms with E-state index in [1.807, 2.05) is 37.3 Å². The number of morpholine rings is 1. The molecule has 4 rings (SSSR count). The number of hydrogen-bond acceptors (Lipinski definition) is 5. The molecule has 0 atom stereocenters. The molecule has 1 N–H and O–H groups in total. The molecule has 1 aliphatic rings. The lowest BCUT2D eigenvalue weighted by Gasteiger charge is -2.27. The van der Waals surface area contributed by atoms with Crippen molar-refractivity contribution in [2.75, 3.05) is 43.7 Å². The van der Waals surface area contributed by atoms with Gasteiger partial charge in [0, 0.05) is 26.2 Å². The van der Waals surface area contributed by atoms with Crippen molar-refractivity contribution < 1.29 is 17.9 Å². The van der Waals surface area contributed by atoms with Crippen LogP contribution in [0.3, 0.4) is 0 Å². The molecule has 1 saturated heterocycles. The summed E-state index contributed by atoms with van der Waals surface area (Å²) in [6.07, 6.45) is 0. The van der Waals surface area contributed by atoms with Crippen LogP contribution in [0.1, 0.15) is 21.5 Å². The van der Waals surface area contributed by atoms with Gasteiger partial charge >= 0.3 is 0 Å². The zero-order chi connectivity index (χ0) is 24.7. The number of benzene rings is 3. The van der Waals surface area contributed by atoms with Crippen LogP contribution in [-0.4, -0.2) is 58.6 Å². The largest absolute Gasteiger partial charge is 0.379 e. The molecular weight excluding hydrogens is 462 g/mol. The molecule has 0 bridgehead atoms. The number of nitrogens with zero attached hydrogens (tertiary/aromatic N) is 2. The molecule has 0 aromatic heterocycles. The third kappa shape index (κ3) is 6.28. The highest BCUT2D eigenvalue weighted by Crippen LogP contribution is 2.29. The Morgan fingerprint density at radius 3 is 2.31 bits per heavy atom. The SMILES string of the molecule is Cc1ccc(S(=O)(=O)N(Cc2ccccc2)c2ccccc2C(=O)NCCN2CCOCC2)cc1. The molecular formula is C27H31N3O4S. The fourth-order valence-electron chi connectivity index (χ4n) is 4.02. The van der Waals surface area contributed by atoms with E-state index in [0.29, 0.717) is 37.6 Å². The predicted octanol–water partition coefficient (Wildman–Crippen LogP) is 3.45. The van der Waals surface area contributed by atoms with Crippen molar-refractivity contribution in [2.24, 2.45) is 0 Å². The summed E-state index contributed by atoms with van der Waals surface area (Å²) in [7, 11) is -3.93. The Hall–Kier alpha value is -3.20. The van der Waals surface area contributed by atoms with Crippen LogP contribution in [0.2, 0.25) is 0 Å². The molecule has 1 amide bonds.